The largest absolute Gasteiger partial charge is 0.495 e. The number of ether oxygens (including phenoxy) is 1. The van der Waals surface area contributed by atoms with Crippen molar-refractivity contribution in [2.75, 3.05) is 17.7 Å². The normalized spacial score (nSPS) is 10.2. The molecule has 3 amide bonds. The van der Waals surface area contributed by atoms with E-state index in [-0.39, 0.29) is 18.0 Å². The van der Waals surface area contributed by atoms with Crippen LogP contribution in [-0.4, -0.2) is 25.1 Å². The first-order valence-electron chi connectivity index (χ1n) is 7.61. The van der Waals surface area contributed by atoms with Crippen molar-refractivity contribution in [3.05, 3.63) is 54.1 Å². The molecule has 0 aliphatic rings. The molecular formula is C18H21N3O3. The average Bonchev–Trinajstić information content (AvgIpc) is 2.54. The Bertz CT molecular complexity index is 729. The van der Waals surface area contributed by atoms with Crippen molar-refractivity contribution in [3.8, 4) is 5.75 Å². The topological polar surface area (TPSA) is 79.5 Å². The van der Waals surface area contributed by atoms with Gasteiger partial charge in [0.15, 0.2) is 0 Å². The fourth-order valence-corrected chi connectivity index (χ4v) is 2.11. The molecule has 0 saturated carbocycles. The van der Waals surface area contributed by atoms with Gasteiger partial charge in [0.05, 0.1) is 12.8 Å². The number of rotatable bonds is 5. The number of hydrogen-bond acceptors (Lipinski definition) is 3. The van der Waals surface area contributed by atoms with Gasteiger partial charge in [0.2, 0.25) is 0 Å². The number of carbonyl (C=O) groups is 2. The van der Waals surface area contributed by atoms with Crippen molar-refractivity contribution in [3.63, 3.8) is 0 Å². The molecule has 6 heteroatoms. The summed E-state index contributed by atoms with van der Waals surface area (Å²) in [5.41, 5.74) is 1.56. The van der Waals surface area contributed by atoms with Crippen molar-refractivity contribution in [1.82, 2.24) is 5.32 Å². The minimum Gasteiger partial charge on any atom is -0.495 e. The van der Waals surface area contributed by atoms with Gasteiger partial charge in [0, 0.05) is 17.3 Å². The first-order valence-corrected chi connectivity index (χ1v) is 7.61. The molecule has 2 aromatic rings. The van der Waals surface area contributed by atoms with Gasteiger partial charge in [-0.1, -0.05) is 18.2 Å². The Kier molecular flexibility index (Phi) is 5.78. The van der Waals surface area contributed by atoms with Crippen LogP contribution >= 0.6 is 0 Å². The van der Waals surface area contributed by atoms with E-state index in [9.17, 15) is 9.59 Å². The fourth-order valence-electron chi connectivity index (χ4n) is 2.11. The summed E-state index contributed by atoms with van der Waals surface area (Å²) in [6.07, 6.45) is 0. The van der Waals surface area contributed by atoms with Crippen LogP contribution in [0.3, 0.4) is 0 Å². The molecule has 0 heterocycles. The van der Waals surface area contributed by atoms with Crippen molar-refractivity contribution in [1.29, 1.82) is 0 Å². The van der Waals surface area contributed by atoms with Crippen LogP contribution in [-0.2, 0) is 0 Å². The molecule has 2 aromatic carbocycles. The predicted octanol–water partition coefficient (Wildman–Crippen LogP) is 3.48. The van der Waals surface area contributed by atoms with Crippen LogP contribution < -0.4 is 20.7 Å². The van der Waals surface area contributed by atoms with Gasteiger partial charge in [-0.25, -0.2) is 4.79 Å². The van der Waals surface area contributed by atoms with E-state index in [2.05, 4.69) is 16.0 Å². The van der Waals surface area contributed by atoms with Gasteiger partial charge in [-0.2, -0.15) is 0 Å². The Morgan fingerprint density at radius 2 is 1.75 bits per heavy atom. The van der Waals surface area contributed by atoms with E-state index >= 15 is 0 Å². The standard InChI is InChI=1S/C18H21N3O3/c1-12(2)19-18(23)20-14-8-6-7-13(11-14)17(22)21-15-9-4-5-10-16(15)24-3/h4-12H,1-3H3,(H,21,22)(H2,19,20,23). The van der Waals surface area contributed by atoms with Gasteiger partial charge in [-0.05, 0) is 44.2 Å². The van der Waals surface area contributed by atoms with Crippen LogP contribution in [0.4, 0.5) is 16.2 Å². The summed E-state index contributed by atoms with van der Waals surface area (Å²) >= 11 is 0. The minimum atomic E-state index is -0.313. The van der Waals surface area contributed by atoms with E-state index in [0.29, 0.717) is 22.7 Å². The zero-order chi connectivity index (χ0) is 17.5. The molecular weight excluding hydrogens is 306 g/mol. The third-order valence-electron chi connectivity index (χ3n) is 3.16. The fraction of sp³-hybridized carbons (Fsp3) is 0.222. The molecule has 126 valence electrons. The van der Waals surface area contributed by atoms with Crippen LogP contribution in [0, 0.1) is 0 Å². The number of urea groups is 1. The number of nitrogens with one attached hydrogen (secondary N) is 3. The van der Waals surface area contributed by atoms with Crippen LogP contribution in [0.1, 0.15) is 24.2 Å². The molecule has 0 aliphatic heterocycles. The molecule has 0 bridgehead atoms. The maximum atomic E-state index is 12.4. The monoisotopic (exact) mass is 327 g/mol. The highest BCUT2D eigenvalue weighted by Gasteiger charge is 2.11. The Balaban J connectivity index is 2.10. The summed E-state index contributed by atoms with van der Waals surface area (Å²) in [5, 5.41) is 8.23. The molecule has 0 fully saturated rings. The van der Waals surface area contributed by atoms with Crippen LogP contribution in [0.5, 0.6) is 5.75 Å². The molecule has 0 radical (unpaired) electrons. The van der Waals surface area contributed by atoms with Crippen LogP contribution in [0.15, 0.2) is 48.5 Å². The molecule has 2 rings (SSSR count). The van der Waals surface area contributed by atoms with E-state index in [1.54, 1.807) is 43.5 Å². The SMILES string of the molecule is COc1ccccc1NC(=O)c1cccc(NC(=O)NC(C)C)c1. The third kappa shape index (κ3) is 4.74. The smallest absolute Gasteiger partial charge is 0.319 e. The van der Waals surface area contributed by atoms with Crippen molar-refractivity contribution in [2.24, 2.45) is 0 Å². The Morgan fingerprint density at radius 3 is 2.46 bits per heavy atom. The second kappa shape index (κ2) is 8.01. The maximum absolute atomic E-state index is 12.4. The van der Waals surface area contributed by atoms with Gasteiger partial charge in [-0.3, -0.25) is 4.79 Å². The van der Waals surface area contributed by atoms with Crippen molar-refractivity contribution in [2.45, 2.75) is 19.9 Å². The Morgan fingerprint density at radius 1 is 1.00 bits per heavy atom. The van der Waals surface area contributed by atoms with Gasteiger partial charge in [0.25, 0.3) is 5.91 Å². The second-order valence-corrected chi connectivity index (χ2v) is 5.49. The number of hydrogen-bond donors (Lipinski definition) is 3. The van der Waals surface area contributed by atoms with Crippen molar-refractivity contribution >= 4 is 23.3 Å². The van der Waals surface area contributed by atoms with Crippen LogP contribution in [0.25, 0.3) is 0 Å². The lowest BCUT2D eigenvalue weighted by molar-refractivity contribution is 0.102. The lowest BCUT2D eigenvalue weighted by atomic mass is 10.1. The molecule has 0 aromatic heterocycles. The number of anilines is 2. The molecule has 24 heavy (non-hydrogen) atoms. The number of methoxy groups -OCH3 is 1. The summed E-state index contributed by atoms with van der Waals surface area (Å²) in [7, 11) is 1.54. The quantitative estimate of drug-likeness (QED) is 0.786. The molecule has 6 nitrogen and oxygen atoms in total. The highest BCUT2D eigenvalue weighted by molar-refractivity contribution is 6.06. The number of amides is 3. The summed E-state index contributed by atoms with van der Waals surface area (Å²) in [4.78, 5) is 24.1. The molecule has 3 N–H and O–H groups in total. The van der Waals surface area contributed by atoms with Gasteiger partial charge in [-0.15, -0.1) is 0 Å². The van der Waals surface area contributed by atoms with E-state index in [1.807, 2.05) is 26.0 Å². The molecule has 0 unspecified atom stereocenters. The molecule has 0 spiro atoms. The van der Waals surface area contributed by atoms with Gasteiger partial charge < -0.3 is 20.7 Å². The lowest BCUT2D eigenvalue weighted by Gasteiger charge is -2.12. The molecule has 0 atom stereocenters. The summed E-state index contributed by atoms with van der Waals surface area (Å²) < 4.78 is 5.22. The first-order chi connectivity index (χ1) is 11.5. The lowest BCUT2D eigenvalue weighted by Crippen LogP contribution is -2.34. The Labute approximate surface area is 141 Å². The number of benzene rings is 2. The zero-order valence-electron chi connectivity index (χ0n) is 13.9. The minimum absolute atomic E-state index is 0.0297. The predicted molar refractivity (Wildman–Crippen MR) is 94.7 cm³/mol. The summed E-state index contributed by atoms with van der Waals surface area (Å²) in [6, 6.07) is 13.6. The second-order valence-electron chi connectivity index (χ2n) is 5.49. The van der Waals surface area contributed by atoms with Gasteiger partial charge in [0.1, 0.15) is 5.75 Å². The molecule has 0 saturated heterocycles. The third-order valence-corrected chi connectivity index (χ3v) is 3.16. The summed E-state index contributed by atoms with van der Waals surface area (Å²) in [5.74, 6) is 0.295. The van der Waals surface area contributed by atoms with E-state index in [4.69, 9.17) is 4.74 Å². The van der Waals surface area contributed by atoms with Crippen LogP contribution in [0.2, 0.25) is 0 Å². The number of para-hydroxylation sites is 2. The van der Waals surface area contributed by atoms with Crippen molar-refractivity contribution < 1.29 is 14.3 Å². The van der Waals surface area contributed by atoms with Gasteiger partial charge >= 0.3 is 6.03 Å². The van der Waals surface area contributed by atoms with E-state index in [1.165, 1.54) is 0 Å². The highest BCUT2D eigenvalue weighted by Crippen LogP contribution is 2.24. The first kappa shape index (κ1) is 17.3. The molecule has 0 aliphatic carbocycles. The maximum Gasteiger partial charge on any atom is 0.319 e. The summed E-state index contributed by atoms with van der Waals surface area (Å²) in [6.45, 7) is 3.74. The van der Waals surface area contributed by atoms with E-state index < -0.39 is 0 Å². The zero-order valence-corrected chi connectivity index (χ0v) is 13.9. The Hall–Kier alpha value is -3.02. The van der Waals surface area contributed by atoms with E-state index in [0.717, 1.165) is 0 Å². The number of carbonyl (C=O) groups excluding carboxylic acids is 2. The highest BCUT2D eigenvalue weighted by atomic mass is 16.5. The average molecular weight is 327 g/mol.